The van der Waals surface area contributed by atoms with Gasteiger partial charge in [-0.2, -0.15) is 0 Å². The number of ether oxygens (including phenoxy) is 1. The van der Waals surface area contributed by atoms with E-state index in [0.717, 1.165) is 19.3 Å². The van der Waals surface area contributed by atoms with Crippen LogP contribution in [0.15, 0.2) is 0 Å². The lowest BCUT2D eigenvalue weighted by atomic mass is 9.82. The van der Waals surface area contributed by atoms with E-state index in [0.29, 0.717) is 0 Å². The SMILES string of the molecule is CCC(C)NC(=O)COC1(C)CCC1. The zero-order valence-corrected chi connectivity index (χ0v) is 9.43. The fraction of sp³-hybridized carbons (Fsp3) is 0.909. The molecule has 0 heterocycles. The molecule has 3 nitrogen and oxygen atoms in total. The first-order valence-corrected chi connectivity index (χ1v) is 5.49. The Hall–Kier alpha value is -0.570. The van der Waals surface area contributed by atoms with Crippen LogP contribution in [0.25, 0.3) is 0 Å². The number of hydrogen-bond donors (Lipinski definition) is 1. The minimum atomic E-state index is -0.0210. The quantitative estimate of drug-likeness (QED) is 0.734. The van der Waals surface area contributed by atoms with Crippen LogP contribution >= 0.6 is 0 Å². The summed E-state index contributed by atoms with van der Waals surface area (Å²) in [6, 6.07) is 0.250. The fourth-order valence-corrected chi connectivity index (χ4v) is 1.48. The molecule has 0 aromatic rings. The summed E-state index contributed by atoms with van der Waals surface area (Å²) < 4.78 is 5.56. The van der Waals surface area contributed by atoms with Gasteiger partial charge in [0.2, 0.25) is 5.91 Å². The standard InChI is InChI=1S/C11H21NO2/c1-4-9(2)12-10(13)8-14-11(3)6-5-7-11/h9H,4-8H2,1-3H3,(H,12,13). The highest BCUT2D eigenvalue weighted by molar-refractivity contribution is 5.77. The van der Waals surface area contributed by atoms with Crippen molar-refractivity contribution in [3.8, 4) is 0 Å². The number of rotatable bonds is 5. The Morgan fingerprint density at radius 1 is 1.57 bits per heavy atom. The molecule has 1 saturated carbocycles. The zero-order valence-electron chi connectivity index (χ0n) is 9.43. The van der Waals surface area contributed by atoms with Crippen LogP contribution in [0.1, 0.15) is 46.5 Å². The molecule has 14 heavy (non-hydrogen) atoms. The van der Waals surface area contributed by atoms with Gasteiger partial charge >= 0.3 is 0 Å². The van der Waals surface area contributed by atoms with E-state index in [1.54, 1.807) is 0 Å². The molecule has 0 aliphatic heterocycles. The normalized spacial score (nSPS) is 21.1. The second-order valence-corrected chi connectivity index (χ2v) is 4.47. The van der Waals surface area contributed by atoms with Gasteiger partial charge in [-0.15, -0.1) is 0 Å². The summed E-state index contributed by atoms with van der Waals surface area (Å²) in [5, 5.41) is 2.89. The molecule has 1 aliphatic carbocycles. The third-order valence-electron chi connectivity index (χ3n) is 2.98. The Kier molecular flexibility index (Phi) is 3.93. The van der Waals surface area contributed by atoms with Crippen LogP contribution in [0.2, 0.25) is 0 Å². The van der Waals surface area contributed by atoms with Crippen molar-refractivity contribution < 1.29 is 9.53 Å². The zero-order chi connectivity index (χ0) is 10.6. The highest BCUT2D eigenvalue weighted by atomic mass is 16.5. The highest BCUT2D eigenvalue weighted by Gasteiger charge is 2.33. The third-order valence-corrected chi connectivity index (χ3v) is 2.98. The van der Waals surface area contributed by atoms with Crippen molar-refractivity contribution in [3.05, 3.63) is 0 Å². The molecule has 0 radical (unpaired) electrons. The fourth-order valence-electron chi connectivity index (χ4n) is 1.48. The first kappa shape index (κ1) is 11.5. The molecule has 82 valence electrons. The maximum atomic E-state index is 11.4. The second kappa shape index (κ2) is 4.78. The van der Waals surface area contributed by atoms with Crippen LogP contribution in [0.3, 0.4) is 0 Å². The summed E-state index contributed by atoms with van der Waals surface area (Å²) in [6.45, 7) is 6.34. The highest BCUT2D eigenvalue weighted by Crippen LogP contribution is 2.34. The third kappa shape index (κ3) is 3.29. The van der Waals surface area contributed by atoms with Gasteiger partial charge in [-0.3, -0.25) is 4.79 Å². The summed E-state index contributed by atoms with van der Waals surface area (Å²) in [4.78, 5) is 11.4. The number of carbonyl (C=O) groups is 1. The maximum Gasteiger partial charge on any atom is 0.246 e. The van der Waals surface area contributed by atoms with Crippen molar-refractivity contribution in [2.45, 2.75) is 58.1 Å². The molecule has 0 saturated heterocycles. The first-order chi connectivity index (χ1) is 6.56. The predicted octanol–water partition coefficient (Wildman–Crippen LogP) is 1.86. The Morgan fingerprint density at radius 3 is 2.64 bits per heavy atom. The van der Waals surface area contributed by atoms with E-state index >= 15 is 0 Å². The first-order valence-electron chi connectivity index (χ1n) is 5.49. The average molecular weight is 199 g/mol. The summed E-state index contributed by atoms with van der Waals surface area (Å²) in [5.41, 5.74) is -0.0210. The van der Waals surface area contributed by atoms with Gasteiger partial charge in [0.15, 0.2) is 0 Å². The summed E-state index contributed by atoms with van der Waals surface area (Å²) >= 11 is 0. The molecule has 3 heteroatoms. The van der Waals surface area contributed by atoms with Gasteiger partial charge in [0.05, 0.1) is 5.60 Å². The molecule has 1 fully saturated rings. The van der Waals surface area contributed by atoms with E-state index in [2.05, 4.69) is 19.2 Å². The van der Waals surface area contributed by atoms with Crippen LogP contribution < -0.4 is 5.32 Å². The maximum absolute atomic E-state index is 11.4. The van der Waals surface area contributed by atoms with Crippen molar-refractivity contribution in [3.63, 3.8) is 0 Å². The van der Waals surface area contributed by atoms with E-state index in [4.69, 9.17) is 4.74 Å². The van der Waals surface area contributed by atoms with Crippen LogP contribution in [0.5, 0.6) is 0 Å². The molecule has 0 aromatic carbocycles. The summed E-state index contributed by atoms with van der Waals surface area (Å²) in [7, 11) is 0. The molecule has 1 unspecified atom stereocenters. The minimum absolute atomic E-state index is 0.00692. The Labute approximate surface area is 86.2 Å². The van der Waals surface area contributed by atoms with Gasteiger partial charge in [-0.05, 0) is 39.5 Å². The summed E-state index contributed by atoms with van der Waals surface area (Å²) in [6.07, 6.45) is 4.36. The van der Waals surface area contributed by atoms with Gasteiger partial charge in [-0.25, -0.2) is 0 Å². The smallest absolute Gasteiger partial charge is 0.246 e. The predicted molar refractivity (Wildman–Crippen MR) is 56.1 cm³/mol. The van der Waals surface area contributed by atoms with Crippen LogP contribution in [0, 0.1) is 0 Å². The van der Waals surface area contributed by atoms with Crippen molar-refractivity contribution in [1.82, 2.24) is 5.32 Å². The molecule has 1 aliphatic rings. The largest absolute Gasteiger partial charge is 0.365 e. The number of nitrogens with one attached hydrogen (secondary N) is 1. The summed E-state index contributed by atoms with van der Waals surface area (Å²) in [5.74, 6) is 0.00692. The Bertz CT molecular complexity index is 199. The lowest BCUT2D eigenvalue weighted by molar-refractivity contribution is -0.139. The lowest BCUT2D eigenvalue weighted by Crippen LogP contribution is -2.42. The molecule has 1 N–H and O–H groups in total. The Balaban J connectivity index is 2.14. The topological polar surface area (TPSA) is 38.3 Å². The van der Waals surface area contributed by atoms with Gasteiger partial charge in [0, 0.05) is 6.04 Å². The van der Waals surface area contributed by atoms with Crippen LogP contribution in [0.4, 0.5) is 0 Å². The average Bonchev–Trinajstić information content (AvgIpc) is 2.11. The van der Waals surface area contributed by atoms with Gasteiger partial charge in [0.1, 0.15) is 6.61 Å². The van der Waals surface area contributed by atoms with Crippen LogP contribution in [-0.4, -0.2) is 24.2 Å². The molecule has 0 aromatic heterocycles. The van der Waals surface area contributed by atoms with E-state index < -0.39 is 0 Å². The van der Waals surface area contributed by atoms with Crippen molar-refractivity contribution in [2.24, 2.45) is 0 Å². The molecule has 0 spiro atoms. The van der Waals surface area contributed by atoms with Gasteiger partial charge in [0.25, 0.3) is 0 Å². The van der Waals surface area contributed by atoms with Crippen LogP contribution in [-0.2, 0) is 9.53 Å². The molecular weight excluding hydrogens is 178 g/mol. The minimum Gasteiger partial charge on any atom is -0.365 e. The van der Waals surface area contributed by atoms with Gasteiger partial charge < -0.3 is 10.1 Å². The molecule has 1 rings (SSSR count). The van der Waals surface area contributed by atoms with E-state index in [9.17, 15) is 4.79 Å². The molecule has 0 bridgehead atoms. The van der Waals surface area contributed by atoms with Gasteiger partial charge in [-0.1, -0.05) is 6.92 Å². The Morgan fingerprint density at radius 2 is 2.21 bits per heavy atom. The molecule has 1 amide bonds. The molecule has 1 atom stereocenters. The lowest BCUT2D eigenvalue weighted by Gasteiger charge is -2.37. The molecular formula is C11H21NO2. The van der Waals surface area contributed by atoms with E-state index in [-0.39, 0.29) is 24.2 Å². The number of hydrogen-bond acceptors (Lipinski definition) is 2. The number of carbonyl (C=O) groups excluding carboxylic acids is 1. The second-order valence-electron chi connectivity index (χ2n) is 4.47. The number of amides is 1. The van der Waals surface area contributed by atoms with E-state index in [1.165, 1.54) is 6.42 Å². The monoisotopic (exact) mass is 199 g/mol. The van der Waals surface area contributed by atoms with E-state index in [1.807, 2.05) is 6.92 Å². The van der Waals surface area contributed by atoms with Crippen molar-refractivity contribution in [2.75, 3.05) is 6.61 Å². The van der Waals surface area contributed by atoms with Crippen molar-refractivity contribution >= 4 is 5.91 Å². The van der Waals surface area contributed by atoms with Crippen molar-refractivity contribution in [1.29, 1.82) is 0 Å².